The van der Waals surface area contributed by atoms with Crippen LogP contribution in [-0.4, -0.2) is 39.6 Å². The fourth-order valence-corrected chi connectivity index (χ4v) is 4.48. The van der Waals surface area contributed by atoms with Gasteiger partial charge in [0.25, 0.3) is 5.91 Å². The number of amides is 1. The summed E-state index contributed by atoms with van der Waals surface area (Å²) in [4.78, 5) is 19.8. The molecule has 0 spiro atoms. The van der Waals surface area contributed by atoms with Gasteiger partial charge in [-0.1, -0.05) is 48.0 Å². The van der Waals surface area contributed by atoms with E-state index in [2.05, 4.69) is 15.2 Å². The van der Waals surface area contributed by atoms with Crippen LogP contribution in [0.4, 0.5) is 0 Å². The lowest BCUT2D eigenvalue weighted by atomic mass is 10.0. The van der Waals surface area contributed by atoms with E-state index < -0.39 is 0 Å². The molecule has 1 aliphatic heterocycles. The molecule has 5 rings (SSSR count). The van der Waals surface area contributed by atoms with Crippen molar-refractivity contribution in [2.24, 2.45) is 0 Å². The molecular weight excluding hydrogens is 428 g/mol. The van der Waals surface area contributed by atoms with Gasteiger partial charge in [-0.25, -0.2) is 4.98 Å². The maximum atomic E-state index is 13.4. The standard InChI is InChI=1S/C27H28N4O3/c1-18-10-12-19(13-11-18)22-16-23(30-29-22)27(32)31-14-6-5-8-24(31)26-28-17-21(34-26)15-20-7-3-4-9-25(20)33-2/h3-4,7,9-13,16-17,24H,5-6,8,14-15H2,1-2H3,(H,29,30). The third-order valence-corrected chi connectivity index (χ3v) is 6.33. The van der Waals surface area contributed by atoms with E-state index in [1.165, 1.54) is 5.56 Å². The maximum Gasteiger partial charge on any atom is 0.272 e. The first-order valence-corrected chi connectivity index (χ1v) is 11.6. The number of hydrogen-bond donors (Lipinski definition) is 1. The number of piperidine rings is 1. The first-order chi connectivity index (χ1) is 16.6. The summed E-state index contributed by atoms with van der Waals surface area (Å²) in [5.74, 6) is 2.07. The van der Waals surface area contributed by atoms with E-state index in [0.29, 0.717) is 24.6 Å². The zero-order valence-electron chi connectivity index (χ0n) is 19.5. The first-order valence-electron chi connectivity index (χ1n) is 11.6. The van der Waals surface area contributed by atoms with Gasteiger partial charge in [0.1, 0.15) is 23.2 Å². The molecule has 1 aliphatic rings. The van der Waals surface area contributed by atoms with E-state index in [1.54, 1.807) is 13.3 Å². The third kappa shape index (κ3) is 4.46. The number of aryl methyl sites for hydroxylation is 1. The van der Waals surface area contributed by atoms with Gasteiger partial charge < -0.3 is 14.1 Å². The Labute approximate surface area is 198 Å². The largest absolute Gasteiger partial charge is 0.496 e. The van der Waals surface area contributed by atoms with Crippen LogP contribution in [-0.2, 0) is 6.42 Å². The molecule has 1 amide bonds. The molecule has 34 heavy (non-hydrogen) atoms. The highest BCUT2D eigenvalue weighted by Crippen LogP contribution is 2.33. The molecule has 1 saturated heterocycles. The molecule has 1 N–H and O–H groups in total. The Balaban J connectivity index is 1.35. The van der Waals surface area contributed by atoms with Crippen LogP contribution in [0.5, 0.6) is 5.75 Å². The quantitative estimate of drug-likeness (QED) is 0.423. The number of oxazole rings is 1. The van der Waals surface area contributed by atoms with Crippen molar-refractivity contribution in [3.63, 3.8) is 0 Å². The van der Waals surface area contributed by atoms with Gasteiger partial charge >= 0.3 is 0 Å². The Morgan fingerprint density at radius 1 is 1.18 bits per heavy atom. The van der Waals surface area contributed by atoms with Crippen LogP contribution >= 0.6 is 0 Å². The van der Waals surface area contributed by atoms with Crippen LogP contribution in [0.3, 0.4) is 0 Å². The normalized spacial score (nSPS) is 15.9. The van der Waals surface area contributed by atoms with Gasteiger partial charge in [-0.05, 0) is 38.3 Å². The third-order valence-electron chi connectivity index (χ3n) is 6.33. The van der Waals surface area contributed by atoms with Crippen molar-refractivity contribution >= 4 is 5.91 Å². The smallest absolute Gasteiger partial charge is 0.272 e. The van der Waals surface area contributed by atoms with Crippen molar-refractivity contribution in [3.05, 3.63) is 89.3 Å². The van der Waals surface area contributed by atoms with E-state index in [-0.39, 0.29) is 11.9 Å². The number of aromatic amines is 1. The summed E-state index contributed by atoms with van der Waals surface area (Å²) >= 11 is 0. The fourth-order valence-electron chi connectivity index (χ4n) is 4.48. The van der Waals surface area contributed by atoms with E-state index >= 15 is 0 Å². The molecule has 1 unspecified atom stereocenters. The monoisotopic (exact) mass is 456 g/mol. The topological polar surface area (TPSA) is 84.2 Å². The molecule has 1 atom stereocenters. The van der Waals surface area contributed by atoms with Gasteiger partial charge in [-0.3, -0.25) is 9.89 Å². The summed E-state index contributed by atoms with van der Waals surface area (Å²) < 4.78 is 11.6. The van der Waals surface area contributed by atoms with Gasteiger partial charge in [-0.2, -0.15) is 5.10 Å². The van der Waals surface area contributed by atoms with Crippen molar-refractivity contribution in [3.8, 4) is 17.0 Å². The van der Waals surface area contributed by atoms with Gasteiger partial charge in [0.2, 0.25) is 5.89 Å². The lowest BCUT2D eigenvalue weighted by molar-refractivity contribution is 0.0564. The number of H-pyrrole nitrogens is 1. The molecule has 0 radical (unpaired) electrons. The molecule has 2 aromatic heterocycles. The number of rotatable bonds is 6. The molecule has 0 aliphatic carbocycles. The average molecular weight is 457 g/mol. The second-order valence-corrected chi connectivity index (χ2v) is 8.70. The SMILES string of the molecule is COc1ccccc1Cc1cnc(C2CCCCN2C(=O)c2cc(-c3ccc(C)cc3)n[nH]2)o1. The minimum Gasteiger partial charge on any atom is -0.496 e. The average Bonchev–Trinajstić information content (AvgIpc) is 3.55. The summed E-state index contributed by atoms with van der Waals surface area (Å²) in [6.07, 6.45) is 5.13. The Morgan fingerprint density at radius 3 is 2.82 bits per heavy atom. The summed E-state index contributed by atoms with van der Waals surface area (Å²) in [7, 11) is 1.66. The molecule has 1 fully saturated rings. The summed E-state index contributed by atoms with van der Waals surface area (Å²) in [6, 6.07) is 17.6. The number of carbonyl (C=O) groups is 1. The number of nitrogens with zero attached hydrogens (tertiary/aromatic N) is 3. The highest BCUT2D eigenvalue weighted by Gasteiger charge is 2.33. The highest BCUT2D eigenvalue weighted by molar-refractivity contribution is 5.93. The zero-order valence-corrected chi connectivity index (χ0v) is 19.5. The van der Waals surface area contributed by atoms with Crippen molar-refractivity contribution in [1.29, 1.82) is 0 Å². The Kier molecular flexibility index (Phi) is 6.16. The van der Waals surface area contributed by atoms with Gasteiger partial charge in [0.05, 0.1) is 19.0 Å². The molecule has 7 nitrogen and oxygen atoms in total. The van der Waals surface area contributed by atoms with Crippen LogP contribution in [0.25, 0.3) is 11.3 Å². The molecule has 4 aromatic rings. The minimum atomic E-state index is -0.196. The fraction of sp³-hybridized carbons (Fsp3) is 0.296. The van der Waals surface area contributed by atoms with E-state index in [4.69, 9.17) is 9.15 Å². The van der Waals surface area contributed by atoms with Crippen molar-refractivity contribution in [2.45, 2.75) is 38.6 Å². The predicted molar refractivity (Wildman–Crippen MR) is 129 cm³/mol. The molecular formula is C27H28N4O3. The number of nitrogens with one attached hydrogen (secondary N) is 1. The molecule has 174 valence electrons. The molecule has 0 bridgehead atoms. The summed E-state index contributed by atoms with van der Waals surface area (Å²) in [6.45, 7) is 2.71. The van der Waals surface area contributed by atoms with Crippen LogP contribution in [0.1, 0.15) is 58.6 Å². The second-order valence-electron chi connectivity index (χ2n) is 8.70. The molecule has 0 saturated carbocycles. The zero-order chi connectivity index (χ0) is 23.5. The van der Waals surface area contributed by atoms with E-state index in [0.717, 1.165) is 47.6 Å². The van der Waals surface area contributed by atoms with Gasteiger partial charge in [0.15, 0.2) is 0 Å². The van der Waals surface area contributed by atoms with Crippen molar-refractivity contribution < 1.29 is 13.9 Å². The predicted octanol–water partition coefficient (Wildman–Crippen LogP) is 5.34. The number of aromatic nitrogens is 3. The molecule has 7 heteroatoms. The maximum absolute atomic E-state index is 13.4. The number of para-hydroxylation sites is 1. The van der Waals surface area contributed by atoms with Crippen LogP contribution < -0.4 is 4.74 Å². The summed E-state index contributed by atoms with van der Waals surface area (Å²) in [5.41, 5.74) is 4.42. The van der Waals surface area contributed by atoms with Gasteiger partial charge in [0, 0.05) is 24.1 Å². The number of methoxy groups -OCH3 is 1. The van der Waals surface area contributed by atoms with Gasteiger partial charge in [-0.15, -0.1) is 0 Å². The number of benzene rings is 2. The second kappa shape index (κ2) is 9.55. The first kappa shape index (κ1) is 21.9. The van der Waals surface area contributed by atoms with E-state index in [9.17, 15) is 4.79 Å². The van der Waals surface area contributed by atoms with Crippen molar-refractivity contribution in [1.82, 2.24) is 20.1 Å². The summed E-state index contributed by atoms with van der Waals surface area (Å²) in [5, 5.41) is 7.31. The van der Waals surface area contributed by atoms with E-state index in [1.807, 2.05) is 66.4 Å². The Morgan fingerprint density at radius 2 is 2.00 bits per heavy atom. The molecule has 2 aromatic carbocycles. The lowest BCUT2D eigenvalue weighted by Crippen LogP contribution is -2.38. The number of likely N-dealkylation sites (tertiary alicyclic amines) is 1. The minimum absolute atomic E-state index is 0.0833. The Hall–Kier alpha value is -3.87. The lowest BCUT2D eigenvalue weighted by Gasteiger charge is -2.33. The van der Waals surface area contributed by atoms with Crippen LogP contribution in [0, 0.1) is 6.92 Å². The van der Waals surface area contributed by atoms with Crippen LogP contribution in [0.2, 0.25) is 0 Å². The highest BCUT2D eigenvalue weighted by atomic mass is 16.5. The number of ether oxygens (including phenoxy) is 1. The van der Waals surface area contributed by atoms with Crippen LogP contribution in [0.15, 0.2) is 65.2 Å². The number of hydrogen-bond acceptors (Lipinski definition) is 5. The number of carbonyl (C=O) groups excluding carboxylic acids is 1. The molecule has 3 heterocycles. The van der Waals surface area contributed by atoms with Crippen molar-refractivity contribution in [2.75, 3.05) is 13.7 Å². The Bertz CT molecular complexity index is 1280.